The van der Waals surface area contributed by atoms with Crippen LogP contribution < -0.4 is 4.90 Å². The Balaban J connectivity index is 1.19. The van der Waals surface area contributed by atoms with Crippen molar-refractivity contribution in [2.45, 2.75) is 5.41 Å². The summed E-state index contributed by atoms with van der Waals surface area (Å²) in [5.74, 6) is 0. The van der Waals surface area contributed by atoms with Crippen LogP contribution in [0.25, 0.3) is 49.4 Å². The first kappa shape index (κ1) is 31.4. The molecule has 0 fully saturated rings. The largest absolute Gasteiger partial charge is 0.310 e. The zero-order chi connectivity index (χ0) is 36.3. The van der Waals surface area contributed by atoms with E-state index in [0.29, 0.717) is 0 Å². The van der Waals surface area contributed by atoms with E-state index in [1.54, 1.807) is 0 Å². The van der Waals surface area contributed by atoms with E-state index in [1.807, 2.05) is 0 Å². The maximum absolute atomic E-state index is 2.46. The first-order valence-electron chi connectivity index (χ1n) is 19.0. The van der Waals surface area contributed by atoms with Crippen LogP contribution in [0.1, 0.15) is 22.3 Å². The lowest BCUT2D eigenvalue weighted by Crippen LogP contribution is -2.28. The predicted molar refractivity (Wildman–Crippen MR) is 230 cm³/mol. The molecular weight excluding hydrogens is 665 g/mol. The van der Waals surface area contributed by atoms with Gasteiger partial charge in [0, 0.05) is 33.2 Å². The molecule has 0 N–H and O–H groups in total. The Morgan fingerprint density at radius 2 is 0.927 bits per heavy atom. The second kappa shape index (κ2) is 12.5. The molecule has 0 saturated carbocycles. The lowest BCUT2D eigenvalue weighted by atomic mass is 9.67. The van der Waals surface area contributed by atoms with Gasteiger partial charge >= 0.3 is 0 Å². The van der Waals surface area contributed by atoms with E-state index in [2.05, 4.69) is 228 Å². The molecule has 0 atom stereocenters. The summed E-state index contributed by atoms with van der Waals surface area (Å²) < 4.78 is 2.38. The van der Waals surface area contributed by atoms with Crippen molar-refractivity contribution >= 4 is 49.6 Å². The van der Waals surface area contributed by atoms with Gasteiger partial charge in [0.05, 0.1) is 22.1 Å². The molecule has 0 aliphatic heterocycles. The average molecular weight is 701 g/mol. The molecule has 10 aromatic rings. The Hall–Kier alpha value is -7.16. The van der Waals surface area contributed by atoms with Gasteiger partial charge in [0.15, 0.2) is 0 Å². The van der Waals surface area contributed by atoms with Crippen LogP contribution in [0.5, 0.6) is 0 Å². The molecule has 11 rings (SSSR count). The second-order valence-corrected chi connectivity index (χ2v) is 14.5. The van der Waals surface area contributed by atoms with Gasteiger partial charge in [0.2, 0.25) is 0 Å². The summed E-state index contributed by atoms with van der Waals surface area (Å²) in [4.78, 5) is 2.46. The minimum absolute atomic E-state index is 0.498. The van der Waals surface area contributed by atoms with Gasteiger partial charge in [-0.1, -0.05) is 164 Å². The highest BCUT2D eigenvalue weighted by atomic mass is 15.1. The maximum Gasteiger partial charge on any atom is 0.0714 e. The summed E-state index contributed by atoms with van der Waals surface area (Å²) in [6, 6.07) is 80.1. The number of hydrogen-bond donors (Lipinski definition) is 0. The summed E-state index contributed by atoms with van der Waals surface area (Å²) in [6.07, 6.45) is 0. The molecule has 2 heteroatoms. The third-order valence-corrected chi connectivity index (χ3v) is 11.6. The fraction of sp³-hybridized carbons (Fsp3) is 0.0189. The van der Waals surface area contributed by atoms with E-state index >= 15 is 0 Å². The number of hydrogen-bond acceptors (Lipinski definition) is 1. The van der Waals surface area contributed by atoms with Crippen LogP contribution >= 0.6 is 0 Å². The number of aromatic nitrogens is 1. The monoisotopic (exact) mass is 700 g/mol. The fourth-order valence-corrected chi connectivity index (χ4v) is 9.38. The lowest BCUT2D eigenvalue weighted by Gasteiger charge is -2.35. The van der Waals surface area contributed by atoms with Crippen LogP contribution in [0.3, 0.4) is 0 Å². The molecule has 1 aliphatic carbocycles. The second-order valence-electron chi connectivity index (χ2n) is 14.5. The highest BCUT2D eigenvalue weighted by Crippen LogP contribution is 2.56. The Bertz CT molecular complexity index is 3000. The van der Waals surface area contributed by atoms with Crippen molar-refractivity contribution in [2.75, 3.05) is 4.90 Å². The first-order valence-corrected chi connectivity index (χ1v) is 19.0. The summed E-state index contributed by atoms with van der Waals surface area (Å²) in [5, 5.41) is 4.87. The Morgan fingerprint density at radius 1 is 0.364 bits per heavy atom. The average Bonchev–Trinajstić information content (AvgIpc) is 3.75. The van der Waals surface area contributed by atoms with Gasteiger partial charge in [-0.25, -0.2) is 0 Å². The van der Waals surface area contributed by atoms with E-state index in [-0.39, 0.29) is 0 Å². The van der Waals surface area contributed by atoms with Crippen LogP contribution in [0.2, 0.25) is 0 Å². The quantitative estimate of drug-likeness (QED) is 0.168. The lowest BCUT2D eigenvalue weighted by molar-refractivity contribution is 0.768. The Labute approximate surface area is 320 Å². The number of benzene rings is 9. The van der Waals surface area contributed by atoms with Crippen molar-refractivity contribution in [3.63, 3.8) is 0 Å². The van der Waals surface area contributed by atoms with Crippen LogP contribution in [0.15, 0.2) is 218 Å². The SMILES string of the molecule is c1ccc(-n2c3ccccc3c3cc(N(c4cccc(C5(c6ccccc6)c6ccccc6-c6ccccc65)c4)c4cccc5ccccc45)ccc32)cc1. The highest BCUT2D eigenvalue weighted by Gasteiger charge is 2.46. The third-order valence-electron chi connectivity index (χ3n) is 11.6. The molecule has 0 radical (unpaired) electrons. The summed E-state index contributed by atoms with van der Waals surface area (Å²) in [6.45, 7) is 0. The van der Waals surface area contributed by atoms with E-state index in [1.165, 1.54) is 66.0 Å². The standard InChI is InChI=1S/C53H36N2/c1-3-19-38(20-4-1)53(48-29-12-9-26-44(48)45-27-10-13-30-49(45)53)39-21-16-24-41(35-39)54(50-32-15-18-37-17-7-8-25-43(37)50)42-33-34-52-47(36-42)46-28-11-14-31-51(46)55(52)40-22-5-2-6-23-40/h1-36H. The van der Waals surface area contributed by atoms with Gasteiger partial charge in [0.1, 0.15) is 0 Å². The van der Waals surface area contributed by atoms with Gasteiger partial charge in [-0.05, 0) is 93.4 Å². The highest BCUT2D eigenvalue weighted by molar-refractivity contribution is 6.11. The Kier molecular flexibility index (Phi) is 7.11. The maximum atomic E-state index is 2.46. The van der Waals surface area contributed by atoms with Crippen LogP contribution in [0.4, 0.5) is 17.1 Å². The van der Waals surface area contributed by atoms with Crippen molar-refractivity contribution in [2.24, 2.45) is 0 Å². The molecule has 258 valence electrons. The van der Waals surface area contributed by atoms with Crippen LogP contribution in [0, 0.1) is 0 Å². The van der Waals surface area contributed by atoms with Crippen molar-refractivity contribution < 1.29 is 0 Å². The molecule has 0 bridgehead atoms. The molecule has 1 aliphatic rings. The molecule has 0 spiro atoms. The van der Waals surface area contributed by atoms with Crippen molar-refractivity contribution in [3.8, 4) is 16.8 Å². The van der Waals surface area contributed by atoms with Crippen LogP contribution in [-0.4, -0.2) is 4.57 Å². The number of fused-ring (bicyclic) bond motifs is 7. The number of rotatable bonds is 6. The number of para-hydroxylation sites is 2. The van der Waals surface area contributed by atoms with Crippen molar-refractivity contribution in [1.29, 1.82) is 0 Å². The van der Waals surface area contributed by atoms with E-state index in [4.69, 9.17) is 0 Å². The predicted octanol–water partition coefficient (Wildman–Crippen LogP) is 13.8. The zero-order valence-corrected chi connectivity index (χ0v) is 30.2. The topological polar surface area (TPSA) is 8.17 Å². The molecular formula is C53H36N2. The number of anilines is 3. The normalized spacial score (nSPS) is 12.9. The summed E-state index contributed by atoms with van der Waals surface area (Å²) in [7, 11) is 0. The molecule has 55 heavy (non-hydrogen) atoms. The smallest absolute Gasteiger partial charge is 0.0714 e. The molecule has 0 unspecified atom stereocenters. The van der Waals surface area contributed by atoms with E-state index in [9.17, 15) is 0 Å². The molecule has 1 heterocycles. The molecule has 1 aromatic heterocycles. The zero-order valence-electron chi connectivity index (χ0n) is 30.2. The van der Waals surface area contributed by atoms with Crippen molar-refractivity contribution in [1.82, 2.24) is 4.57 Å². The molecule has 2 nitrogen and oxygen atoms in total. The minimum Gasteiger partial charge on any atom is -0.310 e. The first-order chi connectivity index (χ1) is 27.3. The summed E-state index contributed by atoms with van der Waals surface area (Å²) in [5.41, 5.74) is 14.1. The van der Waals surface area contributed by atoms with Gasteiger partial charge < -0.3 is 9.47 Å². The molecule has 0 amide bonds. The van der Waals surface area contributed by atoms with E-state index in [0.717, 1.165) is 22.7 Å². The summed E-state index contributed by atoms with van der Waals surface area (Å²) >= 11 is 0. The molecule has 0 saturated heterocycles. The van der Waals surface area contributed by atoms with Crippen LogP contribution in [-0.2, 0) is 5.41 Å². The van der Waals surface area contributed by atoms with Gasteiger partial charge in [-0.15, -0.1) is 0 Å². The fourth-order valence-electron chi connectivity index (χ4n) is 9.38. The Morgan fingerprint density at radius 3 is 1.71 bits per heavy atom. The molecule has 9 aromatic carbocycles. The van der Waals surface area contributed by atoms with Crippen molar-refractivity contribution in [3.05, 3.63) is 241 Å². The third kappa shape index (κ3) is 4.68. The van der Waals surface area contributed by atoms with Gasteiger partial charge in [0.25, 0.3) is 0 Å². The number of nitrogens with zero attached hydrogens (tertiary/aromatic N) is 2. The van der Waals surface area contributed by atoms with Gasteiger partial charge in [-0.3, -0.25) is 0 Å². The van der Waals surface area contributed by atoms with Gasteiger partial charge in [-0.2, -0.15) is 0 Å². The van der Waals surface area contributed by atoms with E-state index < -0.39 is 5.41 Å². The minimum atomic E-state index is -0.498.